The fourth-order valence-electron chi connectivity index (χ4n) is 1.61. The summed E-state index contributed by atoms with van der Waals surface area (Å²) in [5, 5.41) is 1.39. The zero-order valence-electron chi connectivity index (χ0n) is 9.11. The van der Waals surface area contributed by atoms with E-state index in [1.807, 2.05) is 30.3 Å². The molecule has 0 bridgehead atoms. The molecule has 0 saturated heterocycles. The van der Waals surface area contributed by atoms with Gasteiger partial charge in [0.2, 0.25) is 0 Å². The number of pyridine rings is 1. The molecule has 2 N–H and O–H groups in total. The summed E-state index contributed by atoms with van der Waals surface area (Å²) in [4.78, 5) is 4.23. The minimum Gasteiger partial charge on any atom is -0.324 e. The molecule has 1 aromatic heterocycles. The van der Waals surface area contributed by atoms with Gasteiger partial charge in [-0.25, -0.2) is 0 Å². The van der Waals surface area contributed by atoms with Crippen molar-refractivity contribution in [3.63, 3.8) is 0 Å². The van der Waals surface area contributed by atoms with Crippen LogP contribution in [0.2, 0.25) is 10.0 Å². The van der Waals surface area contributed by atoms with Crippen LogP contribution in [0.5, 0.6) is 0 Å². The number of hydrogen-bond donors (Lipinski definition) is 1. The van der Waals surface area contributed by atoms with Gasteiger partial charge in [-0.1, -0.05) is 35.3 Å². The summed E-state index contributed by atoms with van der Waals surface area (Å²) >= 11 is 11.7. The highest BCUT2D eigenvalue weighted by molar-refractivity contribution is 6.30. The number of nitrogens with zero attached hydrogens (tertiary/aromatic N) is 1. The average molecular weight is 267 g/mol. The van der Waals surface area contributed by atoms with E-state index >= 15 is 0 Å². The Kier molecular flexibility index (Phi) is 4.00. The molecule has 2 nitrogen and oxygen atoms in total. The van der Waals surface area contributed by atoms with Crippen LogP contribution in [0.25, 0.3) is 0 Å². The van der Waals surface area contributed by atoms with E-state index in [-0.39, 0.29) is 6.04 Å². The lowest BCUT2D eigenvalue weighted by atomic mass is 10.0. The van der Waals surface area contributed by atoms with Gasteiger partial charge in [0.05, 0.1) is 0 Å². The second kappa shape index (κ2) is 5.50. The largest absolute Gasteiger partial charge is 0.324 e. The number of hydrogen-bond acceptors (Lipinski definition) is 2. The van der Waals surface area contributed by atoms with Gasteiger partial charge in [0.25, 0.3) is 0 Å². The zero-order chi connectivity index (χ0) is 12.3. The highest BCUT2D eigenvalue weighted by Crippen LogP contribution is 2.19. The molecule has 1 heterocycles. The molecule has 88 valence electrons. The van der Waals surface area contributed by atoms with E-state index in [2.05, 4.69) is 4.98 Å². The first-order chi connectivity index (χ1) is 8.15. The Balaban J connectivity index is 2.11. The molecule has 2 rings (SSSR count). The van der Waals surface area contributed by atoms with Crippen molar-refractivity contribution in [1.82, 2.24) is 4.98 Å². The molecule has 1 atom stereocenters. The number of benzene rings is 1. The summed E-state index contributed by atoms with van der Waals surface area (Å²) in [6.07, 6.45) is 2.34. The molecule has 1 unspecified atom stereocenters. The van der Waals surface area contributed by atoms with Gasteiger partial charge in [-0.3, -0.25) is 4.98 Å². The van der Waals surface area contributed by atoms with Crippen molar-refractivity contribution < 1.29 is 0 Å². The van der Waals surface area contributed by atoms with Crippen LogP contribution in [-0.2, 0) is 6.42 Å². The van der Waals surface area contributed by atoms with Crippen LogP contribution < -0.4 is 5.73 Å². The maximum atomic E-state index is 6.10. The number of rotatable bonds is 3. The van der Waals surface area contributed by atoms with Gasteiger partial charge in [0.1, 0.15) is 0 Å². The topological polar surface area (TPSA) is 38.9 Å². The Morgan fingerprint density at radius 2 is 1.76 bits per heavy atom. The van der Waals surface area contributed by atoms with Crippen LogP contribution >= 0.6 is 23.2 Å². The number of nitrogens with two attached hydrogens (primary N) is 1. The fraction of sp³-hybridized carbons (Fsp3) is 0.154. The van der Waals surface area contributed by atoms with E-state index in [4.69, 9.17) is 28.9 Å². The minimum atomic E-state index is -0.0989. The minimum absolute atomic E-state index is 0.0989. The van der Waals surface area contributed by atoms with Crippen molar-refractivity contribution in [3.05, 3.63) is 63.9 Å². The monoisotopic (exact) mass is 266 g/mol. The van der Waals surface area contributed by atoms with Crippen LogP contribution in [0, 0.1) is 0 Å². The van der Waals surface area contributed by atoms with Gasteiger partial charge < -0.3 is 5.73 Å². The van der Waals surface area contributed by atoms with Gasteiger partial charge in [-0.2, -0.15) is 0 Å². The average Bonchev–Trinajstić information content (AvgIpc) is 2.29. The van der Waals surface area contributed by atoms with E-state index in [1.165, 1.54) is 0 Å². The maximum Gasteiger partial charge on any atom is 0.0439 e. The third kappa shape index (κ3) is 3.43. The van der Waals surface area contributed by atoms with E-state index < -0.39 is 0 Å². The van der Waals surface area contributed by atoms with Gasteiger partial charge in [0, 0.05) is 34.4 Å². The van der Waals surface area contributed by atoms with E-state index in [0.29, 0.717) is 16.5 Å². The lowest BCUT2D eigenvalue weighted by molar-refractivity contribution is 0.707. The third-order valence-corrected chi connectivity index (χ3v) is 2.99. The molecule has 0 spiro atoms. The number of halogens is 2. The first-order valence-corrected chi connectivity index (χ1v) is 6.02. The lowest BCUT2D eigenvalue weighted by Gasteiger charge is -2.11. The predicted molar refractivity (Wildman–Crippen MR) is 71.3 cm³/mol. The second-order valence-corrected chi connectivity index (χ2v) is 4.70. The lowest BCUT2D eigenvalue weighted by Crippen LogP contribution is -2.13. The van der Waals surface area contributed by atoms with Gasteiger partial charge in [-0.05, 0) is 29.8 Å². The van der Waals surface area contributed by atoms with Crippen LogP contribution in [0.4, 0.5) is 0 Å². The van der Waals surface area contributed by atoms with Gasteiger partial charge in [0.15, 0.2) is 0 Å². The SMILES string of the molecule is NC(Cc1cc(Cl)ccn1)c1ccc(Cl)cc1. The van der Waals surface area contributed by atoms with Crippen molar-refractivity contribution in [2.75, 3.05) is 0 Å². The molecular formula is C13H12Cl2N2. The Labute approximate surface area is 110 Å². The first-order valence-electron chi connectivity index (χ1n) is 5.26. The standard InChI is InChI=1S/C13H12Cl2N2/c14-10-3-1-9(2-4-10)13(16)8-12-7-11(15)5-6-17-12/h1-7,13H,8,16H2. The smallest absolute Gasteiger partial charge is 0.0439 e. The molecule has 0 radical (unpaired) electrons. The van der Waals surface area contributed by atoms with Crippen LogP contribution in [0.15, 0.2) is 42.6 Å². The first kappa shape index (κ1) is 12.4. The third-order valence-electron chi connectivity index (χ3n) is 2.51. The summed E-state index contributed by atoms with van der Waals surface area (Å²) in [6.45, 7) is 0. The normalized spacial score (nSPS) is 12.4. The van der Waals surface area contributed by atoms with Gasteiger partial charge >= 0.3 is 0 Å². The highest BCUT2D eigenvalue weighted by atomic mass is 35.5. The van der Waals surface area contributed by atoms with E-state index in [0.717, 1.165) is 11.3 Å². The van der Waals surface area contributed by atoms with Crippen LogP contribution in [0.3, 0.4) is 0 Å². The summed E-state index contributed by atoms with van der Waals surface area (Å²) in [5.41, 5.74) is 8.03. The van der Waals surface area contributed by atoms with Crippen LogP contribution in [-0.4, -0.2) is 4.98 Å². The molecule has 17 heavy (non-hydrogen) atoms. The van der Waals surface area contributed by atoms with E-state index in [1.54, 1.807) is 12.3 Å². The zero-order valence-corrected chi connectivity index (χ0v) is 10.6. The summed E-state index contributed by atoms with van der Waals surface area (Å²) in [6, 6.07) is 11.0. The summed E-state index contributed by atoms with van der Waals surface area (Å²) in [5.74, 6) is 0. The fourth-order valence-corrected chi connectivity index (χ4v) is 1.92. The van der Waals surface area contributed by atoms with Crippen molar-refractivity contribution >= 4 is 23.2 Å². The van der Waals surface area contributed by atoms with Gasteiger partial charge in [-0.15, -0.1) is 0 Å². The molecule has 0 aliphatic rings. The highest BCUT2D eigenvalue weighted by Gasteiger charge is 2.08. The molecule has 0 amide bonds. The Bertz CT molecular complexity index is 497. The molecule has 0 saturated carbocycles. The van der Waals surface area contributed by atoms with Crippen molar-refractivity contribution in [1.29, 1.82) is 0 Å². The van der Waals surface area contributed by atoms with Crippen molar-refractivity contribution in [2.45, 2.75) is 12.5 Å². The van der Waals surface area contributed by atoms with E-state index in [9.17, 15) is 0 Å². The molecule has 0 aliphatic heterocycles. The van der Waals surface area contributed by atoms with Crippen molar-refractivity contribution in [2.24, 2.45) is 5.73 Å². The molecular weight excluding hydrogens is 255 g/mol. The molecule has 0 aliphatic carbocycles. The summed E-state index contributed by atoms with van der Waals surface area (Å²) in [7, 11) is 0. The molecule has 1 aromatic carbocycles. The maximum absolute atomic E-state index is 6.10. The quantitative estimate of drug-likeness (QED) is 0.922. The Hall–Kier alpha value is -1.09. The summed E-state index contributed by atoms with van der Waals surface area (Å²) < 4.78 is 0. The number of aromatic nitrogens is 1. The molecule has 2 aromatic rings. The Morgan fingerprint density at radius 1 is 1.06 bits per heavy atom. The molecule has 4 heteroatoms. The van der Waals surface area contributed by atoms with Crippen LogP contribution in [0.1, 0.15) is 17.3 Å². The van der Waals surface area contributed by atoms with Crippen molar-refractivity contribution in [3.8, 4) is 0 Å². The molecule has 0 fully saturated rings. The predicted octanol–water partition coefficient (Wildman–Crippen LogP) is 3.63. The Morgan fingerprint density at radius 3 is 2.41 bits per heavy atom. The second-order valence-electron chi connectivity index (χ2n) is 3.83.